The highest BCUT2D eigenvalue weighted by Crippen LogP contribution is 2.34. The van der Waals surface area contributed by atoms with E-state index in [1.54, 1.807) is 6.07 Å². The number of fused-ring (bicyclic) bond motifs is 1. The van der Waals surface area contributed by atoms with Crippen LogP contribution in [0.4, 0.5) is 18.0 Å². The lowest BCUT2D eigenvalue weighted by molar-refractivity contribution is -0.320. The van der Waals surface area contributed by atoms with Crippen LogP contribution >= 0.6 is 0 Å². The SMILES string of the molecule is C/C(=C\CNC(=O)NCc1ccc2c(c1)C(=O)N([C@@]1(C)CCC(=O)NC1=O)C2=O)COC(F)(F)F. The minimum absolute atomic E-state index is 0.00722. The summed E-state index contributed by atoms with van der Waals surface area (Å²) in [5.74, 6) is -2.53. The Labute approximate surface area is 197 Å². The van der Waals surface area contributed by atoms with Crippen molar-refractivity contribution in [2.24, 2.45) is 0 Å². The predicted octanol–water partition coefficient (Wildman–Crippen LogP) is 1.76. The maximum atomic E-state index is 13.0. The van der Waals surface area contributed by atoms with E-state index in [9.17, 15) is 37.1 Å². The molecule has 35 heavy (non-hydrogen) atoms. The van der Waals surface area contributed by atoms with E-state index in [1.807, 2.05) is 0 Å². The van der Waals surface area contributed by atoms with Gasteiger partial charge in [0.1, 0.15) is 5.54 Å². The zero-order chi connectivity index (χ0) is 26.0. The van der Waals surface area contributed by atoms with Crippen molar-refractivity contribution in [3.8, 4) is 0 Å². The van der Waals surface area contributed by atoms with Crippen LogP contribution in [0.15, 0.2) is 29.8 Å². The van der Waals surface area contributed by atoms with Gasteiger partial charge in [-0.05, 0) is 43.5 Å². The quantitative estimate of drug-likeness (QED) is 0.389. The normalized spacial score (nSPS) is 20.6. The lowest BCUT2D eigenvalue weighted by atomic mass is 9.89. The van der Waals surface area contributed by atoms with Gasteiger partial charge in [-0.1, -0.05) is 12.1 Å². The molecular weight excluding hydrogens is 473 g/mol. The van der Waals surface area contributed by atoms with Gasteiger partial charge in [-0.2, -0.15) is 0 Å². The third-order valence-corrected chi connectivity index (χ3v) is 5.66. The summed E-state index contributed by atoms with van der Waals surface area (Å²) in [6, 6.07) is 3.79. The zero-order valence-corrected chi connectivity index (χ0v) is 18.9. The van der Waals surface area contributed by atoms with Crippen molar-refractivity contribution in [1.82, 2.24) is 20.9 Å². The van der Waals surface area contributed by atoms with E-state index in [0.717, 1.165) is 4.90 Å². The Balaban J connectivity index is 1.58. The molecular formula is C22H23F3N4O6. The molecule has 3 rings (SSSR count). The monoisotopic (exact) mass is 496 g/mol. The van der Waals surface area contributed by atoms with Gasteiger partial charge in [-0.15, -0.1) is 13.2 Å². The minimum atomic E-state index is -4.74. The van der Waals surface area contributed by atoms with Gasteiger partial charge in [-0.3, -0.25) is 34.1 Å². The number of imide groups is 2. The van der Waals surface area contributed by atoms with Crippen molar-refractivity contribution < 1.29 is 41.9 Å². The van der Waals surface area contributed by atoms with Crippen LogP contribution in [0.25, 0.3) is 0 Å². The summed E-state index contributed by atoms with van der Waals surface area (Å²) in [5, 5.41) is 7.14. The van der Waals surface area contributed by atoms with E-state index >= 15 is 0 Å². The predicted molar refractivity (Wildman–Crippen MR) is 114 cm³/mol. The third kappa shape index (κ3) is 5.85. The van der Waals surface area contributed by atoms with Crippen molar-refractivity contribution in [2.75, 3.05) is 13.2 Å². The average molecular weight is 496 g/mol. The molecule has 1 fully saturated rings. The second kappa shape index (κ2) is 9.86. The fourth-order valence-electron chi connectivity index (χ4n) is 3.67. The van der Waals surface area contributed by atoms with Crippen molar-refractivity contribution in [3.05, 3.63) is 46.5 Å². The van der Waals surface area contributed by atoms with Gasteiger partial charge in [-0.25, -0.2) is 4.79 Å². The summed E-state index contributed by atoms with van der Waals surface area (Å²) in [6.07, 6.45) is -3.37. The molecule has 3 N–H and O–H groups in total. The maximum Gasteiger partial charge on any atom is 0.522 e. The molecule has 13 heteroatoms. The molecule has 1 atom stereocenters. The molecule has 0 bridgehead atoms. The number of nitrogens with one attached hydrogen (secondary N) is 3. The standard InChI is InChI=1S/C22H23F3N4O6/c1-12(11-35-22(23,24)25)6-8-26-20(34)27-10-13-3-4-14-15(9-13)18(32)29(17(14)31)21(2)7-5-16(30)28-19(21)33/h3-4,6,9H,5,7-8,10-11H2,1-2H3,(H2,26,27,34)(H,28,30,33)/b12-6+/t21-/m0/s1. The van der Waals surface area contributed by atoms with Gasteiger partial charge < -0.3 is 10.6 Å². The number of alkyl halides is 3. The first-order chi connectivity index (χ1) is 16.3. The summed E-state index contributed by atoms with van der Waals surface area (Å²) in [7, 11) is 0. The van der Waals surface area contributed by atoms with Crippen LogP contribution < -0.4 is 16.0 Å². The Morgan fingerprint density at radius 3 is 2.51 bits per heavy atom. The summed E-state index contributed by atoms with van der Waals surface area (Å²) in [6.45, 7) is 2.16. The number of carbonyl (C=O) groups is 5. The summed E-state index contributed by atoms with van der Waals surface area (Å²) in [4.78, 5) is 62.6. The maximum absolute atomic E-state index is 13.0. The number of rotatable bonds is 7. The lowest BCUT2D eigenvalue weighted by Gasteiger charge is -2.38. The number of hydrogen-bond acceptors (Lipinski definition) is 6. The number of nitrogens with zero attached hydrogens (tertiary/aromatic N) is 1. The molecule has 0 radical (unpaired) electrons. The highest BCUT2D eigenvalue weighted by molar-refractivity contribution is 6.24. The molecule has 10 nitrogen and oxygen atoms in total. The third-order valence-electron chi connectivity index (χ3n) is 5.66. The molecule has 2 aliphatic rings. The van der Waals surface area contributed by atoms with Gasteiger partial charge in [0, 0.05) is 19.5 Å². The fraction of sp³-hybridized carbons (Fsp3) is 0.409. The molecule has 2 aliphatic heterocycles. The largest absolute Gasteiger partial charge is 0.522 e. The second-order valence-electron chi connectivity index (χ2n) is 8.33. The summed E-state index contributed by atoms with van der Waals surface area (Å²) in [5.41, 5.74) is -0.546. The zero-order valence-electron chi connectivity index (χ0n) is 18.9. The second-order valence-corrected chi connectivity index (χ2v) is 8.33. The number of carbonyl (C=O) groups excluding carboxylic acids is 5. The molecule has 6 amide bonds. The van der Waals surface area contributed by atoms with Gasteiger partial charge in [0.15, 0.2) is 0 Å². The number of amides is 6. The van der Waals surface area contributed by atoms with Crippen molar-refractivity contribution >= 4 is 29.7 Å². The Bertz CT molecular complexity index is 1120. The first-order valence-electron chi connectivity index (χ1n) is 10.6. The van der Waals surface area contributed by atoms with Gasteiger partial charge in [0.2, 0.25) is 5.91 Å². The van der Waals surface area contributed by atoms with Gasteiger partial charge >= 0.3 is 12.4 Å². The molecule has 1 saturated heterocycles. The summed E-state index contributed by atoms with van der Waals surface area (Å²) >= 11 is 0. The van der Waals surface area contributed by atoms with Crippen LogP contribution in [0, 0.1) is 0 Å². The van der Waals surface area contributed by atoms with Crippen LogP contribution in [0.3, 0.4) is 0 Å². The first-order valence-corrected chi connectivity index (χ1v) is 10.6. The molecule has 0 aromatic heterocycles. The Morgan fingerprint density at radius 1 is 1.17 bits per heavy atom. The van der Waals surface area contributed by atoms with E-state index in [2.05, 4.69) is 20.7 Å². The highest BCUT2D eigenvalue weighted by Gasteiger charge is 2.52. The Kier molecular flexibility index (Phi) is 7.29. The molecule has 1 aromatic rings. The fourth-order valence-corrected chi connectivity index (χ4v) is 3.67. The Hall–Kier alpha value is -3.74. The molecule has 1 aromatic carbocycles. The van der Waals surface area contributed by atoms with Crippen molar-refractivity contribution in [2.45, 2.75) is 45.1 Å². The molecule has 0 unspecified atom stereocenters. The highest BCUT2D eigenvalue weighted by atomic mass is 19.4. The van der Waals surface area contributed by atoms with E-state index in [4.69, 9.17) is 0 Å². The number of halogens is 3. The number of benzene rings is 1. The smallest absolute Gasteiger partial charge is 0.335 e. The van der Waals surface area contributed by atoms with Gasteiger partial charge in [0.25, 0.3) is 17.7 Å². The molecule has 2 heterocycles. The van der Waals surface area contributed by atoms with Crippen LogP contribution in [-0.2, 0) is 20.9 Å². The van der Waals surface area contributed by atoms with Crippen LogP contribution in [0.1, 0.15) is 53.0 Å². The average Bonchev–Trinajstić information content (AvgIpc) is 3.03. The van der Waals surface area contributed by atoms with E-state index in [1.165, 1.54) is 32.1 Å². The number of urea groups is 1. The van der Waals surface area contributed by atoms with Crippen LogP contribution in [0.2, 0.25) is 0 Å². The van der Waals surface area contributed by atoms with Crippen molar-refractivity contribution in [3.63, 3.8) is 0 Å². The topological polar surface area (TPSA) is 134 Å². The Morgan fingerprint density at radius 2 is 1.86 bits per heavy atom. The molecule has 188 valence electrons. The molecule has 0 saturated carbocycles. The van der Waals surface area contributed by atoms with Crippen LogP contribution in [-0.4, -0.2) is 59.6 Å². The minimum Gasteiger partial charge on any atom is -0.335 e. The van der Waals surface area contributed by atoms with E-state index < -0.39 is 48.2 Å². The summed E-state index contributed by atoms with van der Waals surface area (Å²) < 4.78 is 39.7. The van der Waals surface area contributed by atoms with Crippen LogP contribution in [0.5, 0.6) is 0 Å². The lowest BCUT2D eigenvalue weighted by Crippen LogP contribution is -2.62. The molecule has 0 spiro atoms. The number of hydrogen-bond donors (Lipinski definition) is 3. The number of ether oxygens (including phenoxy) is 1. The molecule has 0 aliphatic carbocycles. The first kappa shape index (κ1) is 25.9. The van der Waals surface area contributed by atoms with Gasteiger partial charge in [0.05, 0.1) is 17.7 Å². The van der Waals surface area contributed by atoms with Crippen molar-refractivity contribution in [1.29, 1.82) is 0 Å². The number of piperidine rings is 1. The van der Waals surface area contributed by atoms with E-state index in [0.29, 0.717) is 5.56 Å². The van der Waals surface area contributed by atoms with E-state index in [-0.39, 0.29) is 42.6 Å².